The molecule has 0 saturated carbocycles. The van der Waals surface area contributed by atoms with Crippen molar-refractivity contribution in [2.45, 2.75) is 25.4 Å². The number of H-pyrrole nitrogens is 1. The second-order valence-corrected chi connectivity index (χ2v) is 7.51. The van der Waals surface area contributed by atoms with Gasteiger partial charge in [0.1, 0.15) is 17.3 Å². The lowest BCUT2D eigenvalue weighted by molar-refractivity contribution is 0.241. The molecule has 1 aliphatic heterocycles. The number of ether oxygens (including phenoxy) is 2. The van der Waals surface area contributed by atoms with Crippen molar-refractivity contribution < 1.29 is 9.47 Å². The maximum atomic E-state index is 5.57. The third-order valence-electron chi connectivity index (χ3n) is 5.72. The fraction of sp³-hybridized carbons (Fsp3) is 0.304. The van der Waals surface area contributed by atoms with Gasteiger partial charge in [-0.3, -0.25) is 9.88 Å². The van der Waals surface area contributed by atoms with Crippen molar-refractivity contribution in [3.63, 3.8) is 0 Å². The van der Waals surface area contributed by atoms with E-state index in [0.717, 1.165) is 58.8 Å². The van der Waals surface area contributed by atoms with E-state index in [1.54, 1.807) is 14.2 Å². The summed E-state index contributed by atoms with van der Waals surface area (Å²) < 4.78 is 10.9. The van der Waals surface area contributed by atoms with Gasteiger partial charge in [-0.25, -0.2) is 4.98 Å². The zero-order valence-corrected chi connectivity index (χ0v) is 16.7. The minimum atomic E-state index is 0.302. The largest absolute Gasteiger partial charge is 0.497 e. The van der Waals surface area contributed by atoms with Crippen LogP contribution in [0.1, 0.15) is 30.3 Å². The second kappa shape index (κ2) is 7.37. The quantitative estimate of drug-likeness (QED) is 0.547. The molecular formula is C23H24N4O2. The smallest absolute Gasteiger partial charge is 0.131 e. The first-order valence-electron chi connectivity index (χ1n) is 9.94. The van der Waals surface area contributed by atoms with Crippen molar-refractivity contribution in [3.05, 3.63) is 60.0 Å². The number of para-hydroxylation sites is 2. The minimum Gasteiger partial charge on any atom is -0.497 e. The number of methoxy groups -OCH3 is 2. The van der Waals surface area contributed by atoms with Crippen molar-refractivity contribution in [1.29, 1.82) is 0 Å². The molecule has 6 nitrogen and oxygen atoms in total. The molecule has 148 valence electrons. The predicted molar refractivity (Wildman–Crippen MR) is 113 cm³/mol. The molecule has 0 radical (unpaired) electrons. The molecular weight excluding hydrogens is 364 g/mol. The standard InChI is InChI=1S/C23H24N4O2/c1-28-16-11-20-17(22(12-16)29-2)10-15(13-24-20)14-27-9-5-8-21(27)23-25-18-6-3-4-7-19(18)26-23/h3-4,6-7,10-13,21H,5,8-9,14H2,1-2H3,(H,25,26)/t21-/m1/s1. The van der Waals surface area contributed by atoms with E-state index in [4.69, 9.17) is 14.5 Å². The summed E-state index contributed by atoms with van der Waals surface area (Å²) in [5, 5.41) is 1.00. The number of pyridine rings is 1. The number of aromatic nitrogens is 3. The Balaban J connectivity index is 1.44. The maximum absolute atomic E-state index is 5.57. The topological polar surface area (TPSA) is 63.3 Å². The van der Waals surface area contributed by atoms with Crippen molar-refractivity contribution in [1.82, 2.24) is 19.9 Å². The Labute approximate surface area is 169 Å². The van der Waals surface area contributed by atoms with Gasteiger partial charge in [-0.15, -0.1) is 0 Å². The zero-order chi connectivity index (χ0) is 19.8. The molecule has 1 aliphatic rings. The zero-order valence-electron chi connectivity index (χ0n) is 16.7. The molecule has 5 rings (SSSR count). The van der Waals surface area contributed by atoms with E-state index < -0.39 is 0 Å². The molecule has 1 fully saturated rings. The summed E-state index contributed by atoms with van der Waals surface area (Å²) in [5.41, 5.74) is 4.17. The lowest BCUT2D eigenvalue weighted by Gasteiger charge is -2.23. The molecule has 0 bridgehead atoms. The van der Waals surface area contributed by atoms with Crippen LogP contribution < -0.4 is 9.47 Å². The number of nitrogens with zero attached hydrogens (tertiary/aromatic N) is 3. The predicted octanol–water partition coefficient (Wildman–Crippen LogP) is 4.47. The van der Waals surface area contributed by atoms with Gasteiger partial charge in [-0.05, 0) is 43.1 Å². The molecule has 2 aromatic heterocycles. The van der Waals surface area contributed by atoms with Crippen LogP contribution in [0.25, 0.3) is 21.9 Å². The van der Waals surface area contributed by atoms with Crippen molar-refractivity contribution in [2.24, 2.45) is 0 Å². The van der Waals surface area contributed by atoms with Crippen LogP contribution in [0.3, 0.4) is 0 Å². The third kappa shape index (κ3) is 3.29. The summed E-state index contributed by atoms with van der Waals surface area (Å²) in [4.78, 5) is 15.5. The highest BCUT2D eigenvalue weighted by molar-refractivity contribution is 5.87. The van der Waals surface area contributed by atoms with Gasteiger partial charge >= 0.3 is 0 Å². The van der Waals surface area contributed by atoms with E-state index in [2.05, 4.69) is 33.1 Å². The van der Waals surface area contributed by atoms with Crippen LogP contribution in [-0.4, -0.2) is 40.6 Å². The van der Waals surface area contributed by atoms with Gasteiger partial charge in [0.2, 0.25) is 0 Å². The summed E-state index contributed by atoms with van der Waals surface area (Å²) >= 11 is 0. The van der Waals surface area contributed by atoms with Gasteiger partial charge in [0.15, 0.2) is 0 Å². The molecule has 4 aromatic rings. The molecule has 3 heterocycles. The number of likely N-dealkylation sites (tertiary alicyclic amines) is 1. The Morgan fingerprint density at radius 3 is 2.83 bits per heavy atom. The molecule has 29 heavy (non-hydrogen) atoms. The fourth-order valence-electron chi connectivity index (χ4n) is 4.28. The lowest BCUT2D eigenvalue weighted by Crippen LogP contribution is -2.23. The maximum Gasteiger partial charge on any atom is 0.131 e. The van der Waals surface area contributed by atoms with E-state index in [1.165, 1.54) is 12.0 Å². The molecule has 6 heteroatoms. The highest BCUT2D eigenvalue weighted by Gasteiger charge is 2.28. The van der Waals surface area contributed by atoms with Crippen LogP contribution in [0.2, 0.25) is 0 Å². The summed E-state index contributed by atoms with van der Waals surface area (Å²) in [6.07, 6.45) is 4.24. The molecule has 1 N–H and O–H groups in total. The minimum absolute atomic E-state index is 0.302. The van der Waals surface area contributed by atoms with Gasteiger partial charge < -0.3 is 14.5 Å². The molecule has 0 aliphatic carbocycles. The normalized spacial score (nSPS) is 17.2. The van der Waals surface area contributed by atoms with E-state index in [9.17, 15) is 0 Å². The second-order valence-electron chi connectivity index (χ2n) is 7.51. The van der Waals surface area contributed by atoms with Crippen molar-refractivity contribution >= 4 is 21.9 Å². The average Bonchev–Trinajstić information content (AvgIpc) is 3.39. The molecule has 0 spiro atoms. The number of imidazole rings is 1. The number of nitrogens with one attached hydrogen (secondary N) is 1. The van der Waals surface area contributed by atoms with E-state index in [0.29, 0.717) is 6.04 Å². The first kappa shape index (κ1) is 17.9. The summed E-state index contributed by atoms with van der Waals surface area (Å²) in [7, 11) is 3.33. The van der Waals surface area contributed by atoms with Crippen LogP contribution in [0.4, 0.5) is 0 Å². The number of rotatable bonds is 5. The summed E-state index contributed by atoms with van der Waals surface area (Å²) in [6.45, 7) is 1.89. The van der Waals surface area contributed by atoms with Gasteiger partial charge in [0.25, 0.3) is 0 Å². The van der Waals surface area contributed by atoms with Gasteiger partial charge in [-0.2, -0.15) is 0 Å². The summed E-state index contributed by atoms with van der Waals surface area (Å²) in [5.74, 6) is 2.59. The van der Waals surface area contributed by atoms with E-state index in [1.807, 2.05) is 30.5 Å². The Morgan fingerprint density at radius 1 is 1.10 bits per heavy atom. The van der Waals surface area contributed by atoms with Gasteiger partial charge in [0.05, 0.1) is 36.8 Å². The van der Waals surface area contributed by atoms with Crippen LogP contribution >= 0.6 is 0 Å². The average molecular weight is 388 g/mol. The highest BCUT2D eigenvalue weighted by Crippen LogP contribution is 2.34. The molecule has 0 amide bonds. The molecule has 1 atom stereocenters. The number of benzene rings is 2. The van der Waals surface area contributed by atoms with E-state index >= 15 is 0 Å². The molecule has 0 unspecified atom stereocenters. The number of hydrogen-bond donors (Lipinski definition) is 1. The van der Waals surface area contributed by atoms with Gasteiger partial charge in [-0.1, -0.05) is 12.1 Å². The van der Waals surface area contributed by atoms with Crippen LogP contribution in [-0.2, 0) is 6.54 Å². The first-order valence-corrected chi connectivity index (χ1v) is 9.94. The first-order chi connectivity index (χ1) is 14.2. The van der Waals surface area contributed by atoms with Crippen LogP contribution in [0.5, 0.6) is 11.5 Å². The molecule has 1 saturated heterocycles. The Kier molecular flexibility index (Phi) is 4.56. The van der Waals surface area contributed by atoms with Crippen molar-refractivity contribution in [2.75, 3.05) is 20.8 Å². The van der Waals surface area contributed by atoms with Crippen LogP contribution in [0.15, 0.2) is 48.7 Å². The fourth-order valence-corrected chi connectivity index (χ4v) is 4.28. The van der Waals surface area contributed by atoms with Crippen LogP contribution in [0, 0.1) is 0 Å². The Hall–Kier alpha value is -3.12. The Bertz CT molecular complexity index is 1140. The highest BCUT2D eigenvalue weighted by atomic mass is 16.5. The van der Waals surface area contributed by atoms with Gasteiger partial charge in [0, 0.05) is 30.3 Å². The third-order valence-corrected chi connectivity index (χ3v) is 5.72. The monoisotopic (exact) mass is 388 g/mol. The number of fused-ring (bicyclic) bond motifs is 2. The summed E-state index contributed by atoms with van der Waals surface area (Å²) in [6, 6.07) is 14.5. The number of hydrogen-bond acceptors (Lipinski definition) is 5. The SMILES string of the molecule is COc1cc(OC)c2cc(CN3CCC[C@@H]3c3nc4ccccc4[nH]3)cnc2c1. The number of aromatic amines is 1. The lowest BCUT2D eigenvalue weighted by atomic mass is 10.1. The Morgan fingerprint density at radius 2 is 2.00 bits per heavy atom. The van der Waals surface area contributed by atoms with E-state index in [-0.39, 0.29) is 0 Å². The molecule has 2 aromatic carbocycles. The van der Waals surface area contributed by atoms with Crippen molar-refractivity contribution in [3.8, 4) is 11.5 Å².